The third-order valence-corrected chi connectivity index (χ3v) is 4.03. The Morgan fingerprint density at radius 3 is 2.50 bits per heavy atom. The summed E-state index contributed by atoms with van der Waals surface area (Å²) in [7, 11) is 0. The average Bonchev–Trinajstić information content (AvgIpc) is 2.88. The number of carboxylic acid groups (broad SMARTS) is 1. The molecule has 22 heavy (non-hydrogen) atoms. The number of ether oxygens (including phenoxy) is 1. The first-order valence-electron chi connectivity index (χ1n) is 7.63. The number of carboxylic acids is 1. The Balaban J connectivity index is 2.11. The Labute approximate surface area is 130 Å². The van der Waals surface area contributed by atoms with Gasteiger partial charge >= 0.3 is 5.97 Å². The number of carbonyl (C=O) groups is 2. The van der Waals surface area contributed by atoms with E-state index in [9.17, 15) is 14.7 Å². The summed E-state index contributed by atoms with van der Waals surface area (Å²) < 4.78 is 5.59. The van der Waals surface area contributed by atoms with Gasteiger partial charge in [-0.15, -0.1) is 0 Å². The van der Waals surface area contributed by atoms with Crippen molar-refractivity contribution in [3.8, 4) is 5.75 Å². The summed E-state index contributed by atoms with van der Waals surface area (Å²) in [5, 5.41) is 9.39. The van der Waals surface area contributed by atoms with Crippen LogP contribution in [0.1, 0.15) is 44.0 Å². The molecular formula is C17H23NO4. The van der Waals surface area contributed by atoms with Gasteiger partial charge in [0, 0.05) is 12.1 Å². The summed E-state index contributed by atoms with van der Waals surface area (Å²) in [6.07, 6.45) is 1.20. The average molecular weight is 305 g/mol. The van der Waals surface area contributed by atoms with Crippen LogP contribution in [0.4, 0.5) is 0 Å². The lowest BCUT2D eigenvalue weighted by atomic mass is 9.98. The van der Waals surface area contributed by atoms with Gasteiger partial charge in [0.05, 0.1) is 6.61 Å². The van der Waals surface area contributed by atoms with E-state index in [2.05, 4.69) is 13.8 Å². The summed E-state index contributed by atoms with van der Waals surface area (Å²) in [5.74, 6) is -0.0390. The monoisotopic (exact) mass is 305 g/mol. The highest BCUT2D eigenvalue weighted by molar-refractivity contribution is 5.98. The van der Waals surface area contributed by atoms with Crippen molar-refractivity contribution >= 4 is 11.9 Å². The second-order valence-corrected chi connectivity index (χ2v) is 6.37. The molecule has 1 N–H and O–H groups in total. The molecule has 1 saturated heterocycles. The van der Waals surface area contributed by atoms with Gasteiger partial charge in [0.15, 0.2) is 0 Å². The number of rotatable bonds is 5. The number of amides is 1. The maximum atomic E-state index is 12.6. The van der Waals surface area contributed by atoms with Crippen molar-refractivity contribution in [3.63, 3.8) is 0 Å². The molecule has 1 aliphatic rings. The van der Waals surface area contributed by atoms with Crippen LogP contribution in [0.25, 0.3) is 0 Å². The molecule has 1 heterocycles. The molecule has 0 aliphatic carbocycles. The van der Waals surface area contributed by atoms with E-state index >= 15 is 0 Å². The number of nitrogens with zero attached hydrogens (tertiary/aromatic N) is 1. The van der Waals surface area contributed by atoms with Crippen molar-refractivity contribution in [2.24, 2.45) is 5.92 Å². The number of hydrogen-bond donors (Lipinski definition) is 1. The lowest BCUT2D eigenvalue weighted by Gasteiger charge is -2.31. The van der Waals surface area contributed by atoms with Crippen LogP contribution < -0.4 is 4.74 Å². The number of benzene rings is 1. The molecule has 1 aromatic rings. The van der Waals surface area contributed by atoms with Gasteiger partial charge in [-0.2, -0.15) is 0 Å². The largest absolute Gasteiger partial charge is 0.493 e. The fraction of sp³-hybridized carbons (Fsp3) is 0.529. The maximum Gasteiger partial charge on any atom is 0.329 e. The number of likely N-dealkylation sites (tertiary alicyclic amines) is 1. The molecule has 1 fully saturated rings. The molecule has 1 aromatic carbocycles. The molecular weight excluding hydrogens is 282 g/mol. The Morgan fingerprint density at radius 2 is 1.95 bits per heavy atom. The van der Waals surface area contributed by atoms with Crippen molar-refractivity contribution in [3.05, 3.63) is 29.8 Å². The first kappa shape index (κ1) is 16.3. The van der Waals surface area contributed by atoms with Crippen LogP contribution in [0.15, 0.2) is 24.3 Å². The zero-order valence-corrected chi connectivity index (χ0v) is 13.3. The van der Waals surface area contributed by atoms with Gasteiger partial charge in [0.25, 0.3) is 5.91 Å². The second-order valence-electron chi connectivity index (χ2n) is 6.37. The van der Waals surface area contributed by atoms with Crippen molar-refractivity contribution in [2.45, 2.75) is 39.2 Å². The lowest BCUT2D eigenvalue weighted by molar-refractivity contribution is -0.147. The standard InChI is InChI=1S/C17H23NO4/c1-12(2)11-22-14-7-5-13(6-8-14)15(19)18-10-4-9-17(18,3)16(20)21/h5-8,12H,4,9-11H2,1-3H3,(H,20,21). The van der Waals surface area contributed by atoms with Crippen LogP contribution in [0.3, 0.4) is 0 Å². The van der Waals surface area contributed by atoms with Crippen molar-refractivity contribution in [1.82, 2.24) is 4.90 Å². The summed E-state index contributed by atoms with van der Waals surface area (Å²) in [6, 6.07) is 6.89. The first-order chi connectivity index (χ1) is 10.3. The molecule has 0 radical (unpaired) electrons. The number of carbonyl (C=O) groups excluding carboxylic acids is 1. The SMILES string of the molecule is CC(C)COc1ccc(C(=O)N2CCCC2(C)C(=O)O)cc1. The normalized spacial score (nSPS) is 21.2. The highest BCUT2D eigenvalue weighted by atomic mass is 16.5. The van der Waals surface area contributed by atoms with E-state index < -0.39 is 11.5 Å². The Hall–Kier alpha value is -2.04. The third-order valence-electron chi connectivity index (χ3n) is 4.03. The zero-order valence-electron chi connectivity index (χ0n) is 13.3. The summed E-state index contributed by atoms with van der Waals surface area (Å²) in [4.78, 5) is 25.5. The minimum Gasteiger partial charge on any atom is -0.493 e. The topological polar surface area (TPSA) is 66.8 Å². The molecule has 0 saturated carbocycles. The molecule has 5 nitrogen and oxygen atoms in total. The van der Waals surface area contributed by atoms with Crippen molar-refractivity contribution < 1.29 is 19.4 Å². The molecule has 1 amide bonds. The van der Waals surface area contributed by atoms with E-state index in [-0.39, 0.29) is 5.91 Å². The second kappa shape index (κ2) is 6.38. The number of hydrogen-bond acceptors (Lipinski definition) is 3. The van der Waals surface area contributed by atoms with Crippen molar-refractivity contribution in [2.75, 3.05) is 13.2 Å². The van der Waals surface area contributed by atoms with E-state index in [1.165, 1.54) is 4.90 Å². The molecule has 2 rings (SSSR count). The van der Waals surface area contributed by atoms with Gasteiger partial charge in [0.1, 0.15) is 11.3 Å². The molecule has 0 aromatic heterocycles. The van der Waals surface area contributed by atoms with E-state index in [4.69, 9.17) is 4.74 Å². The highest BCUT2D eigenvalue weighted by Gasteiger charge is 2.46. The maximum absolute atomic E-state index is 12.6. The molecule has 5 heteroatoms. The highest BCUT2D eigenvalue weighted by Crippen LogP contribution is 2.31. The first-order valence-corrected chi connectivity index (χ1v) is 7.63. The Bertz CT molecular complexity index is 552. The smallest absolute Gasteiger partial charge is 0.329 e. The predicted octanol–water partition coefficient (Wildman–Crippen LogP) is 2.80. The Morgan fingerprint density at radius 1 is 1.32 bits per heavy atom. The lowest BCUT2D eigenvalue weighted by Crippen LogP contribution is -2.50. The molecule has 0 spiro atoms. The fourth-order valence-electron chi connectivity index (χ4n) is 2.62. The molecule has 120 valence electrons. The molecule has 1 atom stereocenters. The van der Waals surface area contributed by atoms with Crippen LogP contribution in [0.5, 0.6) is 5.75 Å². The molecule has 1 unspecified atom stereocenters. The van der Waals surface area contributed by atoms with Crippen LogP contribution in [0.2, 0.25) is 0 Å². The summed E-state index contributed by atoms with van der Waals surface area (Å²) in [6.45, 7) is 6.85. The van der Waals surface area contributed by atoms with Gasteiger partial charge in [-0.3, -0.25) is 4.79 Å². The van der Waals surface area contributed by atoms with Gasteiger partial charge in [-0.25, -0.2) is 4.79 Å². The minimum absolute atomic E-state index is 0.238. The van der Waals surface area contributed by atoms with E-state index in [0.29, 0.717) is 43.2 Å². The third kappa shape index (κ3) is 3.24. The van der Waals surface area contributed by atoms with Gasteiger partial charge in [0.2, 0.25) is 0 Å². The minimum atomic E-state index is -1.11. The van der Waals surface area contributed by atoms with E-state index in [1.807, 2.05) is 0 Å². The van der Waals surface area contributed by atoms with Crippen LogP contribution in [0, 0.1) is 5.92 Å². The van der Waals surface area contributed by atoms with E-state index in [1.54, 1.807) is 31.2 Å². The Kier molecular flexibility index (Phi) is 4.74. The summed E-state index contributed by atoms with van der Waals surface area (Å²) >= 11 is 0. The quantitative estimate of drug-likeness (QED) is 0.908. The predicted molar refractivity (Wildman–Crippen MR) is 83.1 cm³/mol. The van der Waals surface area contributed by atoms with Crippen molar-refractivity contribution in [1.29, 1.82) is 0 Å². The zero-order chi connectivity index (χ0) is 16.3. The summed E-state index contributed by atoms with van der Waals surface area (Å²) in [5.41, 5.74) is -0.615. The van der Waals surface area contributed by atoms with Gasteiger partial charge < -0.3 is 14.7 Å². The van der Waals surface area contributed by atoms with E-state index in [0.717, 1.165) is 0 Å². The van der Waals surface area contributed by atoms with Gasteiger partial charge in [-0.1, -0.05) is 13.8 Å². The van der Waals surface area contributed by atoms with Gasteiger partial charge in [-0.05, 0) is 49.9 Å². The number of aliphatic carboxylic acids is 1. The van der Waals surface area contributed by atoms with Crippen LogP contribution in [-0.4, -0.2) is 40.6 Å². The van der Waals surface area contributed by atoms with Crippen LogP contribution in [-0.2, 0) is 4.79 Å². The molecule has 0 bridgehead atoms. The molecule has 1 aliphatic heterocycles. The fourth-order valence-corrected chi connectivity index (χ4v) is 2.62. The van der Waals surface area contributed by atoms with Crippen LogP contribution >= 0.6 is 0 Å².